The lowest BCUT2D eigenvalue weighted by Gasteiger charge is -2.12. The number of carbonyl (C=O) groups excluding carboxylic acids is 3. The number of esters is 1. The van der Waals surface area contributed by atoms with E-state index in [-0.39, 0.29) is 5.56 Å². The molecule has 23 heavy (non-hydrogen) atoms. The second-order valence-electron chi connectivity index (χ2n) is 4.44. The zero-order chi connectivity index (χ0) is 16.8. The summed E-state index contributed by atoms with van der Waals surface area (Å²) < 4.78 is 5.01. The molecule has 0 bridgehead atoms. The van der Waals surface area contributed by atoms with E-state index in [9.17, 15) is 14.4 Å². The van der Waals surface area contributed by atoms with Crippen molar-refractivity contribution in [2.45, 2.75) is 13.0 Å². The lowest BCUT2D eigenvalue weighted by Crippen LogP contribution is -2.29. The Bertz CT molecular complexity index is 735. The number of primary amides is 1. The van der Waals surface area contributed by atoms with Crippen molar-refractivity contribution >= 4 is 51.5 Å². The average Bonchev–Trinajstić information content (AvgIpc) is 3.16. The molecule has 2 aromatic rings. The number of hydrogen-bond acceptors (Lipinski definition) is 6. The van der Waals surface area contributed by atoms with Crippen LogP contribution in [0.25, 0.3) is 6.08 Å². The molecule has 8 heteroatoms. The molecule has 0 aliphatic carbocycles. The van der Waals surface area contributed by atoms with Crippen LogP contribution in [0.15, 0.2) is 35.0 Å². The largest absolute Gasteiger partial charge is 0.449 e. The molecule has 3 N–H and O–H groups in total. The lowest BCUT2D eigenvalue weighted by atomic mass is 10.3. The Kier molecular flexibility index (Phi) is 5.67. The molecule has 0 fully saturated rings. The predicted octanol–water partition coefficient (Wildman–Crippen LogP) is 2.49. The maximum Gasteiger partial charge on any atom is 0.331 e. The van der Waals surface area contributed by atoms with Crippen molar-refractivity contribution in [2.75, 3.05) is 5.32 Å². The maximum atomic E-state index is 12.0. The minimum Gasteiger partial charge on any atom is -0.449 e. The summed E-state index contributed by atoms with van der Waals surface area (Å²) >= 11 is 2.65. The fraction of sp³-hybridized carbons (Fsp3) is 0.133. The maximum absolute atomic E-state index is 12.0. The van der Waals surface area contributed by atoms with Crippen molar-refractivity contribution in [2.24, 2.45) is 5.73 Å². The van der Waals surface area contributed by atoms with Crippen molar-refractivity contribution in [3.63, 3.8) is 0 Å². The van der Waals surface area contributed by atoms with Gasteiger partial charge in [-0.2, -0.15) is 0 Å². The highest BCUT2D eigenvalue weighted by Crippen LogP contribution is 2.23. The van der Waals surface area contributed by atoms with E-state index in [1.165, 1.54) is 41.7 Å². The van der Waals surface area contributed by atoms with E-state index >= 15 is 0 Å². The summed E-state index contributed by atoms with van der Waals surface area (Å²) in [6.45, 7) is 1.45. The Labute approximate surface area is 140 Å². The molecule has 2 amide bonds. The first-order valence-electron chi connectivity index (χ1n) is 6.57. The second-order valence-corrected chi connectivity index (χ2v) is 6.34. The number of thiophene rings is 2. The number of nitrogens with one attached hydrogen (secondary N) is 1. The van der Waals surface area contributed by atoms with Crippen LogP contribution < -0.4 is 11.1 Å². The zero-order valence-corrected chi connectivity index (χ0v) is 13.8. The van der Waals surface area contributed by atoms with E-state index < -0.39 is 23.9 Å². The molecule has 6 nitrogen and oxygen atoms in total. The number of rotatable bonds is 6. The second kappa shape index (κ2) is 7.70. The van der Waals surface area contributed by atoms with Gasteiger partial charge in [-0.05, 0) is 35.9 Å². The van der Waals surface area contributed by atoms with Gasteiger partial charge < -0.3 is 15.8 Å². The third kappa shape index (κ3) is 4.76. The van der Waals surface area contributed by atoms with Crippen molar-refractivity contribution in [3.05, 3.63) is 45.5 Å². The quantitative estimate of drug-likeness (QED) is 0.618. The molecule has 120 valence electrons. The fourth-order valence-corrected chi connectivity index (χ4v) is 3.03. The van der Waals surface area contributed by atoms with Crippen LogP contribution in [0.4, 0.5) is 5.00 Å². The highest BCUT2D eigenvalue weighted by Gasteiger charge is 2.19. The Balaban J connectivity index is 1.90. The third-order valence-corrected chi connectivity index (χ3v) is 4.42. The Morgan fingerprint density at radius 1 is 1.26 bits per heavy atom. The van der Waals surface area contributed by atoms with Crippen LogP contribution in [0.2, 0.25) is 0 Å². The molecule has 0 aliphatic rings. The molecule has 0 aliphatic heterocycles. The number of ether oxygens (including phenoxy) is 1. The van der Waals surface area contributed by atoms with Gasteiger partial charge in [0.15, 0.2) is 6.10 Å². The summed E-state index contributed by atoms with van der Waals surface area (Å²) in [4.78, 5) is 35.8. The highest BCUT2D eigenvalue weighted by molar-refractivity contribution is 7.14. The first kappa shape index (κ1) is 16.9. The smallest absolute Gasteiger partial charge is 0.331 e. The van der Waals surface area contributed by atoms with Gasteiger partial charge in [0.1, 0.15) is 5.00 Å². The normalized spacial score (nSPS) is 12.0. The van der Waals surface area contributed by atoms with Crippen molar-refractivity contribution in [3.8, 4) is 0 Å². The van der Waals surface area contributed by atoms with Crippen LogP contribution in [-0.4, -0.2) is 23.9 Å². The molecule has 0 radical (unpaired) electrons. The lowest BCUT2D eigenvalue weighted by molar-refractivity contribution is -0.148. The van der Waals surface area contributed by atoms with E-state index in [0.717, 1.165) is 4.88 Å². The van der Waals surface area contributed by atoms with Crippen molar-refractivity contribution < 1.29 is 19.1 Å². The molecule has 2 heterocycles. The minimum absolute atomic E-state index is 0.222. The predicted molar refractivity (Wildman–Crippen MR) is 90.4 cm³/mol. The Morgan fingerprint density at radius 3 is 2.70 bits per heavy atom. The number of nitrogens with two attached hydrogens (primary N) is 1. The van der Waals surface area contributed by atoms with E-state index in [4.69, 9.17) is 10.5 Å². The molecule has 0 spiro atoms. The highest BCUT2D eigenvalue weighted by atomic mass is 32.1. The molecule has 0 saturated carbocycles. The van der Waals surface area contributed by atoms with Gasteiger partial charge in [-0.1, -0.05) is 6.07 Å². The molecular weight excluding hydrogens is 336 g/mol. The van der Waals surface area contributed by atoms with Crippen molar-refractivity contribution in [1.82, 2.24) is 0 Å². The first-order valence-corrected chi connectivity index (χ1v) is 8.33. The molecule has 1 unspecified atom stereocenters. The van der Waals surface area contributed by atoms with Crippen LogP contribution in [0, 0.1) is 0 Å². The summed E-state index contributed by atoms with van der Waals surface area (Å²) in [5, 5.41) is 6.38. The van der Waals surface area contributed by atoms with Gasteiger partial charge in [0.25, 0.3) is 11.8 Å². The molecule has 2 aromatic heterocycles. The van der Waals surface area contributed by atoms with Crippen LogP contribution in [0.3, 0.4) is 0 Å². The van der Waals surface area contributed by atoms with E-state index in [1.807, 2.05) is 17.5 Å². The Morgan fingerprint density at radius 2 is 2.04 bits per heavy atom. The van der Waals surface area contributed by atoms with Gasteiger partial charge in [0, 0.05) is 11.0 Å². The Hall–Kier alpha value is -2.45. The van der Waals surface area contributed by atoms with Crippen LogP contribution >= 0.6 is 22.7 Å². The van der Waals surface area contributed by atoms with Gasteiger partial charge in [-0.3, -0.25) is 9.59 Å². The molecule has 2 rings (SSSR count). The van der Waals surface area contributed by atoms with Crippen LogP contribution in [-0.2, 0) is 14.3 Å². The van der Waals surface area contributed by atoms with Crippen molar-refractivity contribution in [1.29, 1.82) is 0 Å². The number of anilines is 1. The number of amides is 2. The molecule has 0 aromatic carbocycles. The van der Waals surface area contributed by atoms with Gasteiger partial charge in [-0.25, -0.2) is 4.79 Å². The van der Waals surface area contributed by atoms with Gasteiger partial charge >= 0.3 is 5.97 Å². The standard InChI is InChI=1S/C15H14N2O4S2/c1-9(21-12(18)5-4-10-3-2-7-22-10)14(20)17-15-11(13(16)19)6-8-23-15/h2-9H,1H3,(H2,16,19)(H,17,20)/b5-4+. The summed E-state index contributed by atoms with van der Waals surface area (Å²) in [6, 6.07) is 5.24. The van der Waals surface area contributed by atoms with Gasteiger partial charge in [-0.15, -0.1) is 22.7 Å². The van der Waals surface area contributed by atoms with Crippen LogP contribution in [0.5, 0.6) is 0 Å². The van der Waals surface area contributed by atoms with Gasteiger partial charge in [0.05, 0.1) is 5.56 Å². The molecule has 0 saturated heterocycles. The third-order valence-electron chi connectivity index (χ3n) is 2.76. The molecule has 1 atom stereocenters. The fourth-order valence-electron chi connectivity index (χ4n) is 1.62. The summed E-state index contributed by atoms with van der Waals surface area (Å²) in [5.74, 6) is -1.79. The summed E-state index contributed by atoms with van der Waals surface area (Å²) in [5.41, 5.74) is 5.42. The van der Waals surface area contributed by atoms with Crippen LogP contribution in [0.1, 0.15) is 22.2 Å². The monoisotopic (exact) mass is 350 g/mol. The zero-order valence-electron chi connectivity index (χ0n) is 12.1. The van der Waals surface area contributed by atoms with Gasteiger partial charge in [0.2, 0.25) is 0 Å². The topological polar surface area (TPSA) is 98.5 Å². The van der Waals surface area contributed by atoms with E-state index in [1.54, 1.807) is 11.5 Å². The minimum atomic E-state index is -1.00. The molecular formula is C15H14N2O4S2. The SMILES string of the molecule is CC(OC(=O)/C=C/c1cccs1)C(=O)Nc1sccc1C(N)=O. The first-order chi connectivity index (χ1) is 11.0. The summed E-state index contributed by atoms with van der Waals surface area (Å²) in [6.07, 6.45) is 1.87. The average molecular weight is 350 g/mol. The number of carbonyl (C=O) groups is 3. The van der Waals surface area contributed by atoms with E-state index in [0.29, 0.717) is 5.00 Å². The number of hydrogen-bond donors (Lipinski definition) is 2. The van der Waals surface area contributed by atoms with E-state index in [2.05, 4.69) is 5.32 Å². The summed E-state index contributed by atoms with van der Waals surface area (Å²) in [7, 11) is 0.